The van der Waals surface area contributed by atoms with E-state index in [1.54, 1.807) is 11.3 Å². The lowest BCUT2D eigenvalue weighted by atomic mass is 10.1. The van der Waals surface area contributed by atoms with Crippen LogP contribution in [0.3, 0.4) is 0 Å². The highest BCUT2D eigenvalue weighted by Crippen LogP contribution is 2.23. The van der Waals surface area contributed by atoms with Gasteiger partial charge in [0.2, 0.25) is 0 Å². The molecule has 1 heterocycles. The van der Waals surface area contributed by atoms with Gasteiger partial charge in [0, 0.05) is 0 Å². The van der Waals surface area contributed by atoms with Gasteiger partial charge in [-0.25, -0.2) is 4.98 Å². The molecule has 0 fully saturated rings. The molecule has 0 atom stereocenters. The summed E-state index contributed by atoms with van der Waals surface area (Å²) in [7, 11) is 0. The molecule has 2 heteroatoms. The molecule has 0 aliphatic carbocycles. The van der Waals surface area contributed by atoms with E-state index in [2.05, 4.69) is 30.1 Å². The lowest BCUT2D eigenvalue weighted by Gasteiger charge is -2.01. The van der Waals surface area contributed by atoms with E-state index in [0.29, 0.717) is 0 Å². The van der Waals surface area contributed by atoms with Gasteiger partial charge in [0.15, 0.2) is 0 Å². The van der Waals surface area contributed by atoms with Gasteiger partial charge in [-0.3, -0.25) is 0 Å². The van der Waals surface area contributed by atoms with Gasteiger partial charge in [0.25, 0.3) is 0 Å². The summed E-state index contributed by atoms with van der Waals surface area (Å²) < 4.78 is 1.38. The van der Waals surface area contributed by atoms with Gasteiger partial charge in [0.1, 0.15) is 0 Å². The minimum absolute atomic E-state index is 1.16. The minimum atomic E-state index is 1.16. The summed E-state index contributed by atoms with van der Waals surface area (Å²) in [6, 6.07) is 6.44. The van der Waals surface area contributed by atoms with Crippen molar-refractivity contribution in [2.45, 2.75) is 32.6 Å². The molecule has 0 aliphatic rings. The largest absolute Gasteiger partial charge is 0.245 e. The van der Waals surface area contributed by atoms with Gasteiger partial charge in [-0.1, -0.05) is 31.9 Å². The van der Waals surface area contributed by atoms with Crippen LogP contribution < -0.4 is 0 Å². The van der Waals surface area contributed by atoms with Crippen LogP contribution in [0.15, 0.2) is 23.7 Å². The Morgan fingerprint density at radius 1 is 1.29 bits per heavy atom. The number of rotatable bonds is 4. The van der Waals surface area contributed by atoms with Crippen molar-refractivity contribution in [1.82, 2.24) is 4.98 Å². The Labute approximate surface area is 88.8 Å². The molecule has 0 saturated carbocycles. The number of hydrogen-bond donors (Lipinski definition) is 0. The second-order valence-corrected chi connectivity index (χ2v) is 4.43. The van der Waals surface area contributed by atoms with Crippen LogP contribution in [0.5, 0.6) is 0 Å². The maximum atomic E-state index is 4.33. The maximum Gasteiger partial charge on any atom is 0.0814 e. The highest BCUT2D eigenvalue weighted by Gasteiger charge is 2.02. The zero-order chi connectivity index (χ0) is 9.80. The second kappa shape index (κ2) is 4.56. The van der Waals surface area contributed by atoms with E-state index in [4.69, 9.17) is 0 Å². The Morgan fingerprint density at radius 3 is 3.07 bits per heavy atom. The summed E-state index contributed by atoms with van der Waals surface area (Å²) in [5, 5.41) is 0. The number of nitrogens with zero attached hydrogens (tertiary/aromatic N) is 1. The van der Waals surface area contributed by atoms with Gasteiger partial charge < -0.3 is 0 Å². The molecule has 0 amide bonds. The molecule has 1 nitrogen and oxygen atoms in total. The van der Waals surface area contributed by atoms with Crippen molar-refractivity contribution in [2.75, 3.05) is 0 Å². The number of unbranched alkanes of at least 4 members (excludes halogenated alkanes) is 2. The van der Waals surface area contributed by atoms with Crippen LogP contribution in [0.25, 0.3) is 10.2 Å². The van der Waals surface area contributed by atoms with Crippen LogP contribution >= 0.6 is 11.3 Å². The molecule has 1 aromatic heterocycles. The standard InChI is InChI=1S/C12H15NS/c1-2-3-4-6-10-7-5-8-11-12(10)14-9-13-11/h5,7-9H,2-4,6H2,1H3. The van der Waals surface area contributed by atoms with Crippen molar-refractivity contribution in [2.24, 2.45) is 0 Å². The van der Waals surface area contributed by atoms with Gasteiger partial charge in [-0.2, -0.15) is 0 Å². The number of benzene rings is 1. The topological polar surface area (TPSA) is 12.9 Å². The van der Waals surface area contributed by atoms with Crippen molar-refractivity contribution >= 4 is 21.6 Å². The molecule has 2 aromatic rings. The average molecular weight is 205 g/mol. The zero-order valence-electron chi connectivity index (χ0n) is 8.49. The summed E-state index contributed by atoms with van der Waals surface area (Å²) in [4.78, 5) is 4.33. The molecule has 0 saturated heterocycles. The van der Waals surface area contributed by atoms with E-state index in [1.807, 2.05) is 5.51 Å². The van der Waals surface area contributed by atoms with E-state index >= 15 is 0 Å². The van der Waals surface area contributed by atoms with E-state index < -0.39 is 0 Å². The normalized spacial score (nSPS) is 10.9. The third-order valence-corrected chi connectivity index (χ3v) is 3.41. The SMILES string of the molecule is CCCCCc1cccc2ncsc12. The molecule has 0 spiro atoms. The molecule has 0 N–H and O–H groups in total. The zero-order valence-corrected chi connectivity index (χ0v) is 9.31. The van der Waals surface area contributed by atoms with Crippen molar-refractivity contribution < 1.29 is 0 Å². The molecular weight excluding hydrogens is 190 g/mol. The first-order valence-electron chi connectivity index (χ1n) is 5.23. The molecule has 14 heavy (non-hydrogen) atoms. The van der Waals surface area contributed by atoms with Gasteiger partial charge in [-0.15, -0.1) is 11.3 Å². The van der Waals surface area contributed by atoms with Crippen LogP contribution in [-0.2, 0) is 6.42 Å². The molecule has 2 rings (SSSR count). The summed E-state index contributed by atoms with van der Waals surface area (Å²) in [5.41, 5.74) is 4.57. The Morgan fingerprint density at radius 2 is 2.21 bits per heavy atom. The first-order chi connectivity index (χ1) is 6.92. The molecule has 0 unspecified atom stereocenters. The Hall–Kier alpha value is -0.890. The Balaban J connectivity index is 2.19. The smallest absolute Gasteiger partial charge is 0.0814 e. The molecular formula is C12H15NS. The van der Waals surface area contributed by atoms with Crippen molar-refractivity contribution in [1.29, 1.82) is 0 Å². The highest BCUT2D eigenvalue weighted by molar-refractivity contribution is 7.16. The highest BCUT2D eigenvalue weighted by atomic mass is 32.1. The van der Waals surface area contributed by atoms with Crippen LogP contribution in [0.1, 0.15) is 31.7 Å². The lowest BCUT2D eigenvalue weighted by molar-refractivity contribution is 0.720. The maximum absolute atomic E-state index is 4.33. The van der Waals surface area contributed by atoms with Crippen LogP contribution in [0.4, 0.5) is 0 Å². The summed E-state index contributed by atoms with van der Waals surface area (Å²) >= 11 is 1.76. The first kappa shape index (κ1) is 9.66. The fourth-order valence-corrected chi connectivity index (χ4v) is 2.54. The van der Waals surface area contributed by atoms with Crippen LogP contribution in [-0.4, -0.2) is 4.98 Å². The van der Waals surface area contributed by atoms with E-state index in [-0.39, 0.29) is 0 Å². The Kier molecular flexibility index (Phi) is 3.14. The van der Waals surface area contributed by atoms with Crippen molar-refractivity contribution in [3.05, 3.63) is 29.3 Å². The van der Waals surface area contributed by atoms with E-state index in [1.165, 1.54) is 35.9 Å². The van der Waals surface area contributed by atoms with Gasteiger partial charge >= 0.3 is 0 Å². The predicted octanol–water partition coefficient (Wildman–Crippen LogP) is 4.03. The Bertz CT molecular complexity index is 405. The quantitative estimate of drug-likeness (QED) is 0.687. The monoisotopic (exact) mass is 205 g/mol. The number of aryl methyl sites for hydroxylation is 1. The van der Waals surface area contributed by atoms with E-state index in [0.717, 1.165) is 5.52 Å². The van der Waals surface area contributed by atoms with Gasteiger partial charge in [0.05, 0.1) is 15.7 Å². The molecule has 0 aliphatic heterocycles. The summed E-state index contributed by atoms with van der Waals surface area (Å²) in [5.74, 6) is 0. The predicted molar refractivity (Wildman–Crippen MR) is 62.8 cm³/mol. The van der Waals surface area contributed by atoms with Crippen molar-refractivity contribution in [3.8, 4) is 0 Å². The van der Waals surface area contributed by atoms with Crippen LogP contribution in [0.2, 0.25) is 0 Å². The third kappa shape index (κ3) is 1.95. The fourth-order valence-electron chi connectivity index (χ4n) is 1.71. The van der Waals surface area contributed by atoms with E-state index in [9.17, 15) is 0 Å². The number of aromatic nitrogens is 1. The molecule has 1 aromatic carbocycles. The average Bonchev–Trinajstić information content (AvgIpc) is 2.67. The van der Waals surface area contributed by atoms with Crippen molar-refractivity contribution in [3.63, 3.8) is 0 Å². The lowest BCUT2D eigenvalue weighted by Crippen LogP contribution is -1.85. The number of thiazole rings is 1. The first-order valence-corrected chi connectivity index (χ1v) is 6.11. The molecule has 0 radical (unpaired) electrons. The number of hydrogen-bond acceptors (Lipinski definition) is 2. The van der Waals surface area contributed by atoms with Gasteiger partial charge in [-0.05, 0) is 24.5 Å². The number of fused-ring (bicyclic) bond motifs is 1. The summed E-state index contributed by atoms with van der Waals surface area (Å²) in [6.07, 6.45) is 5.12. The fraction of sp³-hybridized carbons (Fsp3) is 0.417. The minimum Gasteiger partial charge on any atom is -0.245 e. The molecule has 74 valence electrons. The molecule has 0 bridgehead atoms. The third-order valence-electron chi connectivity index (χ3n) is 2.49. The summed E-state index contributed by atoms with van der Waals surface area (Å²) in [6.45, 7) is 2.24. The second-order valence-electron chi connectivity index (χ2n) is 3.57. The van der Waals surface area contributed by atoms with Crippen LogP contribution in [0, 0.1) is 0 Å².